The van der Waals surface area contributed by atoms with E-state index in [9.17, 15) is 4.79 Å². The number of rotatable bonds is 2. The van der Waals surface area contributed by atoms with Gasteiger partial charge in [0.15, 0.2) is 0 Å². The number of fused-ring (bicyclic) bond motifs is 1. The Labute approximate surface area is 95.7 Å². The molecule has 1 aliphatic rings. The van der Waals surface area contributed by atoms with E-state index in [1.165, 1.54) is 16.8 Å². The summed E-state index contributed by atoms with van der Waals surface area (Å²) in [4.78, 5) is 13.1. The van der Waals surface area contributed by atoms with Crippen LogP contribution in [0.15, 0.2) is 18.2 Å². The van der Waals surface area contributed by atoms with E-state index >= 15 is 0 Å². The first-order valence-corrected chi connectivity index (χ1v) is 5.62. The van der Waals surface area contributed by atoms with Crippen molar-refractivity contribution in [2.75, 3.05) is 18.5 Å². The summed E-state index contributed by atoms with van der Waals surface area (Å²) in [6.45, 7) is 3.00. The third-order valence-corrected chi connectivity index (χ3v) is 3.35. The molecule has 0 spiro atoms. The number of nitrogens with zero attached hydrogens (tertiary/aromatic N) is 1. The Morgan fingerprint density at radius 3 is 3.00 bits per heavy atom. The molecule has 0 radical (unpaired) electrons. The fraction of sp³-hybridized carbons (Fsp3) is 0.462. The summed E-state index contributed by atoms with van der Waals surface area (Å²) < 4.78 is 0. The van der Waals surface area contributed by atoms with Gasteiger partial charge in [0.2, 0.25) is 0 Å². The molecule has 1 aromatic rings. The highest BCUT2D eigenvalue weighted by atomic mass is 16.4. The molecule has 0 amide bonds. The molecule has 1 atom stereocenters. The number of carboxylic acid groups (broad SMARTS) is 1. The molecule has 3 heteroatoms. The minimum absolute atomic E-state index is 0.171. The highest BCUT2D eigenvalue weighted by molar-refractivity contribution is 5.70. The van der Waals surface area contributed by atoms with Gasteiger partial charge in [-0.3, -0.25) is 4.79 Å². The van der Waals surface area contributed by atoms with Crippen molar-refractivity contribution in [2.24, 2.45) is 0 Å². The zero-order valence-electron chi connectivity index (χ0n) is 9.73. The summed E-state index contributed by atoms with van der Waals surface area (Å²) in [5.74, 6) is -0.534. The molecule has 0 aromatic heterocycles. The number of hydrogen-bond donors (Lipinski definition) is 1. The average molecular weight is 219 g/mol. The van der Waals surface area contributed by atoms with E-state index in [-0.39, 0.29) is 12.3 Å². The third kappa shape index (κ3) is 1.90. The molecule has 0 bridgehead atoms. The Morgan fingerprint density at radius 1 is 1.56 bits per heavy atom. The van der Waals surface area contributed by atoms with E-state index in [1.807, 2.05) is 6.07 Å². The molecule has 0 saturated heterocycles. The number of carboxylic acids is 1. The van der Waals surface area contributed by atoms with E-state index in [0.29, 0.717) is 0 Å². The minimum atomic E-state index is -0.705. The van der Waals surface area contributed by atoms with Crippen LogP contribution in [-0.4, -0.2) is 24.7 Å². The standard InChI is InChI=1S/C13H17NO2/c1-9-4-3-5-11-13(9)10(8-12(15)16)6-7-14(11)2/h3-5,10H,6-8H2,1-2H3,(H,15,16). The van der Waals surface area contributed by atoms with Crippen molar-refractivity contribution in [3.63, 3.8) is 0 Å². The van der Waals surface area contributed by atoms with Gasteiger partial charge in [0.05, 0.1) is 6.42 Å². The zero-order valence-corrected chi connectivity index (χ0v) is 9.73. The van der Waals surface area contributed by atoms with Gasteiger partial charge in [-0.15, -0.1) is 0 Å². The molecule has 0 aliphatic carbocycles. The van der Waals surface area contributed by atoms with Gasteiger partial charge in [-0.2, -0.15) is 0 Å². The molecule has 1 heterocycles. The largest absolute Gasteiger partial charge is 0.481 e. The van der Waals surface area contributed by atoms with Gasteiger partial charge < -0.3 is 10.0 Å². The fourth-order valence-corrected chi connectivity index (χ4v) is 2.56. The SMILES string of the molecule is Cc1cccc2c1C(CC(=O)O)CCN2C. The van der Waals surface area contributed by atoms with Crippen molar-refractivity contribution in [1.29, 1.82) is 0 Å². The second-order valence-corrected chi connectivity index (χ2v) is 4.51. The van der Waals surface area contributed by atoms with Crippen molar-refractivity contribution in [3.05, 3.63) is 29.3 Å². The summed E-state index contributed by atoms with van der Waals surface area (Å²) >= 11 is 0. The predicted molar refractivity (Wildman–Crippen MR) is 64.1 cm³/mol. The number of carbonyl (C=O) groups is 1. The second-order valence-electron chi connectivity index (χ2n) is 4.51. The Hall–Kier alpha value is -1.51. The van der Waals surface area contributed by atoms with E-state index in [0.717, 1.165) is 13.0 Å². The smallest absolute Gasteiger partial charge is 0.303 e. The fourth-order valence-electron chi connectivity index (χ4n) is 2.56. The van der Waals surface area contributed by atoms with Crippen LogP contribution in [0.4, 0.5) is 5.69 Å². The van der Waals surface area contributed by atoms with Gasteiger partial charge in [-0.05, 0) is 36.5 Å². The third-order valence-electron chi connectivity index (χ3n) is 3.35. The number of aliphatic carboxylic acids is 1. The van der Waals surface area contributed by atoms with Crippen LogP contribution in [-0.2, 0) is 4.79 Å². The molecule has 0 saturated carbocycles. The lowest BCUT2D eigenvalue weighted by Crippen LogP contribution is -2.28. The summed E-state index contributed by atoms with van der Waals surface area (Å²) in [5.41, 5.74) is 3.62. The molecule has 3 nitrogen and oxygen atoms in total. The van der Waals surface area contributed by atoms with Gasteiger partial charge >= 0.3 is 5.97 Å². The normalized spacial score (nSPS) is 19.4. The van der Waals surface area contributed by atoms with Crippen molar-refractivity contribution in [3.8, 4) is 0 Å². The number of hydrogen-bond acceptors (Lipinski definition) is 2. The maximum absolute atomic E-state index is 10.9. The first-order valence-electron chi connectivity index (χ1n) is 5.62. The molecule has 1 aromatic carbocycles. The number of aryl methyl sites for hydroxylation is 1. The van der Waals surface area contributed by atoms with E-state index < -0.39 is 5.97 Å². The van der Waals surface area contributed by atoms with Crippen LogP contribution in [0.5, 0.6) is 0 Å². The van der Waals surface area contributed by atoms with E-state index in [2.05, 4.69) is 31.0 Å². The Morgan fingerprint density at radius 2 is 2.31 bits per heavy atom. The van der Waals surface area contributed by atoms with Crippen molar-refractivity contribution in [1.82, 2.24) is 0 Å². The van der Waals surface area contributed by atoms with Gasteiger partial charge in [-0.1, -0.05) is 12.1 Å². The van der Waals surface area contributed by atoms with Crippen LogP contribution >= 0.6 is 0 Å². The first kappa shape index (κ1) is 11.0. The molecule has 0 fully saturated rings. The summed E-state index contributed by atoms with van der Waals surface area (Å²) in [7, 11) is 2.06. The second kappa shape index (κ2) is 4.16. The molecule has 86 valence electrons. The highest BCUT2D eigenvalue weighted by Gasteiger charge is 2.26. The summed E-state index contributed by atoms with van der Waals surface area (Å²) in [6.07, 6.45) is 1.17. The Bertz CT molecular complexity index is 414. The average Bonchev–Trinajstić information content (AvgIpc) is 2.22. The summed E-state index contributed by atoms with van der Waals surface area (Å²) in [6, 6.07) is 6.18. The van der Waals surface area contributed by atoms with E-state index in [4.69, 9.17) is 5.11 Å². The van der Waals surface area contributed by atoms with Gasteiger partial charge in [0, 0.05) is 19.3 Å². The maximum atomic E-state index is 10.9. The van der Waals surface area contributed by atoms with Crippen LogP contribution in [0.1, 0.15) is 29.9 Å². The van der Waals surface area contributed by atoms with Gasteiger partial charge in [0.1, 0.15) is 0 Å². The van der Waals surface area contributed by atoms with Gasteiger partial charge in [-0.25, -0.2) is 0 Å². The van der Waals surface area contributed by atoms with Crippen LogP contribution in [0.25, 0.3) is 0 Å². The molecule has 1 aliphatic heterocycles. The molecule has 2 rings (SSSR count). The monoisotopic (exact) mass is 219 g/mol. The van der Waals surface area contributed by atoms with Gasteiger partial charge in [0.25, 0.3) is 0 Å². The van der Waals surface area contributed by atoms with Crippen LogP contribution in [0.3, 0.4) is 0 Å². The minimum Gasteiger partial charge on any atom is -0.481 e. The van der Waals surface area contributed by atoms with Crippen molar-refractivity contribution < 1.29 is 9.90 Å². The maximum Gasteiger partial charge on any atom is 0.303 e. The Kier molecular flexibility index (Phi) is 2.86. The molecular formula is C13H17NO2. The molecular weight excluding hydrogens is 202 g/mol. The number of anilines is 1. The van der Waals surface area contributed by atoms with Crippen LogP contribution < -0.4 is 4.90 Å². The summed E-state index contributed by atoms with van der Waals surface area (Å²) in [5, 5.41) is 8.93. The highest BCUT2D eigenvalue weighted by Crippen LogP contribution is 2.38. The number of benzene rings is 1. The van der Waals surface area contributed by atoms with Crippen LogP contribution in [0.2, 0.25) is 0 Å². The lowest BCUT2D eigenvalue weighted by molar-refractivity contribution is -0.137. The van der Waals surface area contributed by atoms with Crippen molar-refractivity contribution in [2.45, 2.75) is 25.7 Å². The lowest BCUT2D eigenvalue weighted by atomic mass is 9.85. The molecule has 1 unspecified atom stereocenters. The van der Waals surface area contributed by atoms with E-state index in [1.54, 1.807) is 0 Å². The quantitative estimate of drug-likeness (QED) is 0.830. The Balaban J connectivity index is 2.42. The lowest BCUT2D eigenvalue weighted by Gasteiger charge is -2.33. The van der Waals surface area contributed by atoms with Crippen molar-refractivity contribution >= 4 is 11.7 Å². The molecule has 1 N–H and O–H groups in total. The predicted octanol–water partition coefficient (Wildman–Crippen LogP) is 2.39. The zero-order chi connectivity index (χ0) is 11.7. The molecule has 16 heavy (non-hydrogen) atoms. The topological polar surface area (TPSA) is 40.5 Å². The van der Waals surface area contributed by atoms with Crippen LogP contribution in [0, 0.1) is 6.92 Å². The first-order chi connectivity index (χ1) is 7.59.